The number of hydrogen-bond acceptors (Lipinski definition) is 3. The minimum absolute atomic E-state index is 0.0725. The highest BCUT2D eigenvalue weighted by Gasteiger charge is 2.32. The van der Waals surface area contributed by atoms with Crippen molar-refractivity contribution in [2.24, 2.45) is 11.8 Å². The Hall–Kier alpha value is -1.49. The molecule has 1 saturated carbocycles. The maximum absolute atomic E-state index is 12.5. The first-order chi connectivity index (χ1) is 11.6. The lowest BCUT2D eigenvalue weighted by Crippen LogP contribution is -2.45. The van der Waals surface area contributed by atoms with E-state index in [1.165, 1.54) is 39.0 Å². The van der Waals surface area contributed by atoms with Gasteiger partial charge in [-0.1, -0.05) is 19.3 Å². The SMILES string of the molecule is CC(=O)Nc1ccc(SCC(=O)N2CCC3CCCCC3C2)cc1. The van der Waals surface area contributed by atoms with Gasteiger partial charge >= 0.3 is 0 Å². The largest absolute Gasteiger partial charge is 0.342 e. The molecule has 2 amide bonds. The van der Waals surface area contributed by atoms with Crippen molar-refractivity contribution >= 4 is 29.3 Å². The Balaban J connectivity index is 1.47. The zero-order chi connectivity index (χ0) is 16.9. The first-order valence-corrected chi connectivity index (χ1v) is 9.88. The minimum Gasteiger partial charge on any atom is -0.342 e. The van der Waals surface area contributed by atoms with Gasteiger partial charge in [-0.3, -0.25) is 9.59 Å². The topological polar surface area (TPSA) is 49.4 Å². The van der Waals surface area contributed by atoms with E-state index in [4.69, 9.17) is 0 Å². The van der Waals surface area contributed by atoms with Gasteiger partial charge in [-0.2, -0.15) is 0 Å². The minimum atomic E-state index is -0.0725. The molecule has 4 nitrogen and oxygen atoms in total. The van der Waals surface area contributed by atoms with E-state index in [2.05, 4.69) is 10.2 Å². The number of carbonyl (C=O) groups is 2. The summed E-state index contributed by atoms with van der Waals surface area (Å²) in [4.78, 5) is 26.7. The van der Waals surface area contributed by atoms with Crippen LogP contribution in [0.15, 0.2) is 29.2 Å². The molecule has 2 aliphatic rings. The lowest BCUT2D eigenvalue weighted by Gasteiger charge is -2.41. The quantitative estimate of drug-likeness (QED) is 0.844. The Bertz CT molecular complexity index is 588. The molecule has 1 saturated heterocycles. The smallest absolute Gasteiger partial charge is 0.232 e. The molecule has 1 aliphatic heterocycles. The summed E-state index contributed by atoms with van der Waals surface area (Å²) in [6.07, 6.45) is 6.55. The Kier molecular flexibility index (Phi) is 5.82. The summed E-state index contributed by atoms with van der Waals surface area (Å²) < 4.78 is 0. The summed E-state index contributed by atoms with van der Waals surface area (Å²) in [6, 6.07) is 7.66. The molecule has 0 spiro atoms. The predicted octanol–water partition coefficient (Wildman–Crippen LogP) is 3.78. The van der Waals surface area contributed by atoms with E-state index in [0.717, 1.165) is 35.5 Å². The number of benzene rings is 1. The van der Waals surface area contributed by atoms with Crippen LogP contribution in [-0.4, -0.2) is 35.6 Å². The summed E-state index contributed by atoms with van der Waals surface area (Å²) in [6.45, 7) is 3.39. The molecule has 130 valence electrons. The van der Waals surface area contributed by atoms with Crippen molar-refractivity contribution in [3.63, 3.8) is 0 Å². The van der Waals surface area contributed by atoms with E-state index < -0.39 is 0 Å². The standard InChI is InChI=1S/C19H26N2O2S/c1-14(22)20-17-6-8-18(9-7-17)24-13-19(23)21-11-10-15-4-2-3-5-16(15)12-21/h6-9,15-16H,2-5,10-13H2,1H3,(H,20,22). The van der Waals surface area contributed by atoms with Crippen LogP contribution in [0.25, 0.3) is 0 Å². The number of hydrogen-bond donors (Lipinski definition) is 1. The van der Waals surface area contributed by atoms with Gasteiger partial charge in [-0.25, -0.2) is 0 Å². The molecule has 0 aromatic heterocycles. The molecule has 0 radical (unpaired) electrons. The first kappa shape index (κ1) is 17.3. The second-order valence-electron chi connectivity index (χ2n) is 6.93. The van der Waals surface area contributed by atoms with Crippen LogP contribution in [0.3, 0.4) is 0 Å². The third-order valence-electron chi connectivity index (χ3n) is 5.18. The third kappa shape index (κ3) is 4.53. The number of amides is 2. The molecule has 1 heterocycles. The number of fused-ring (bicyclic) bond motifs is 1. The fraction of sp³-hybridized carbons (Fsp3) is 0.579. The highest BCUT2D eigenvalue weighted by Crippen LogP contribution is 2.36. The van der Waals surface area contributed by atoms with Crippen LogP contribution in [0.1, 0.15) is 39.0 Å². The van der Waals surface area contributed by atoms with Gasteiger partial charge in [0.25, 0.3) is 0 Å². The summed E-state index contributed by atoms with van der Waals surface area (Å²) in [5, 5.41) is 2.75. The van der Waals surface area contributed by atoms with Crippen molar-refractivity contribution in [2.75, 3.05) is 24.2 Å². The van der Waals surface area contributed by atoms with Crippen molar-refractivity contribution in [3.05, 3.63) is 24.3 Å². The van der Waals surface area contributed by atoms with Crippen molar-refractivity contribution in [1.82, 2.24) is 4.90 Å². The molecule has 1 aromatic rings. The Morgan fingerprint density at radius 3 is 2.54 bits per heavy atom. The molecule has 1 aliphatic carbocycles. The summed E-state index contributed by atoms with van der Waals surface area (Å²) in [5.74, 6) is 2.28. The number of nitrogens with zero attached hydrogens (tertiary/aromatic N) is 1. The highest BCUT2D eigenvalue weighted by atomic mass is 32.2. The van der Waals surface area contributed by atoms with Crippen LogP contribution in [-0.2, 0) is 9.59 Å². The molecule has 24 heavy (non-hydrogen) atoms. The van der Waals surface area contributed by atoms with Crippen LogP contribution in [0, 0.1) is 11.8 Å². The van der Waals surface area contributed by atoms with E-state index in [1.54, 1.807) is 11.8 Å². The lowest BCUT2D eigenvalue weighted by molar-refractivity contribution is -0.131. The maximum atomic E-state index is 12.5. The van der Waals surface area contributed by atoms with Crippen LogP contribution in [0.5, 0.6) is 0 Å². The summed E-state index contributed by atoms with van der Waals surface area (Å²) in [7, 11) is 0. The predicted molar refractivity (Wildman–Crippen MR) is 98.1 cm³/mol. The van der Waals surface area contributed by atoms with Crippen LogP contribution >= 0.6 is 11.8 Å². The second-order valence-corrected chi connectivity index (χ2v) is 7.98. The second kappa shape index (κ2) is 8.06. The molecule has 3 rings (SSSR count). The normalized spacial score (nSPS) is 23.5. The van der Waals surface area contributed by atoms with Gasteiger partial charge in [0.05, 0.1) is 5.75 Å². The number of anilines is 1. The first-order valence-electron chi connectivity index (χ1n) is 8.90. The third-order valence-corrected chi connectivity index (χ3v) is 6.18. The molecular weight excluding hydrogens is 320 g/mol. The summed E-state index contributed by atoms with van der Waals surface area (Å²) in [5.41, 5.74) is 0.789. The zero-order valence-corrected chi connectivity index (χ0v) is 15.1. The van der Waals surface area contributed by atoms with Gasteiger partial charge in [0.1, 0.15) is 0 Å². The van der Waals surface area contributed by atoms with E-state index >= 15 is 0 Å². The van der Waals surface area contributed by atoms with Gasteiger partial charge in [-0.05, 0) is 48.9 Å². The monoisotopic (exact) mass is 346 g/mol. The number of likely N-dealkylation sites (tertiary alicyclic amines) is 1. The molecular formula is C19H26N2O2S. The average Bonchev–Trinajstić information content (AvgIpc) is 2.60. The number of thioether (sulfide) groups is 1. The van der Waals surface area contributed by atoms with Gasteiger partial charge in [0, 0.05) is 30.6 Å². The summed E-state index contributed by atoms with van der Waals surface area (Å²) >= 11 is 1.58. The van der Waals surface area contributed by atoms with Gasteiger partial charge in [-0.15, -0.1) is 11.8 Å². The van der Waals surface area contributed by atoms with Gasteiger partial charge in [0.15, 0.2) is 0 Å². The van der Waals surface area contributed by atoms with E-state index in [0.29, 0.717) is 5.75 Å². The zero-order valence-electron chi connectivity index (χ0n) is 14.3. The Morgan fingerprint density at radius 1 is 1.12 bits per heavy atom. The molecule has 2 atom stereocenters. The molecule has 2 fully saturated rings. The maximum Gasteiger partial charge on any atom is 0.232 e. The van der Waals surface area contributed by atoms with Crippen molar-refractivity contribution in [1.29, 1.82) is 0 Å². The fourth-order valence-corrected chi connectivity index (χ4v) is 4.70. The van der Waals surface area contributed by atoms with Crippen LogP contribution in [0.4, 0.5) is 5.69 Å². The Labute approximate surface area is 148 Å². The van der Waals surface area contributed by atoms with Crippen molar-refractivity contribution in [2.45, 2.75) is 43.9 Å². The van der Waals surface area contributed by atoms with Crippen LogP contribution in [0.2, 0.25) is 0 Å². The highest BCUT2D eigenvalue weighted by molar-refractivity contribution is 8.00. The van der Waals surface area contributed by atoms with E-state index in [-0.39, 0.29) is 11.8 Å². The van der Waals surface area contributed by atoms with Crippen LogP contribution < -0.4 is 5.32 Å². The van der Waals surface area contributed by atoms with Crippen molar-refractivity contribution in [3.8, 4) is 0 Å². The Morgan fingerprint density at radius 2 is 1.83 bits per heavy atom. The lowest BCUT2D eigenvalue weighted by atomic mass is 9.75. The molecule has 0 bridgehead atoms. The molecule has 2 unspecified atom stereocenters. The molecule has 1 aromatic carbocycles. The van der Waals surface area contributed by atoms with Gasteiger partial charge in [0.2, 0.25) is 11.8 Å². The number of rotatable bonds is 4. The number of nitrogens with one attached hydrogen (secondary N) is 1. The molecule has 5 heteroatoms. The van der Waals surface area contributed by atoms with Gasteiger partial charge < -0.3 is 10.2 Å². The fourth-order valence-electron chi connectivity index (χ4n) is 3.90. The average molecular weight is 346 g/mol. The van der Waals surface area contributed by atoms with Crippen molar-refractivity contribution < 1.29 is 9.59 Å². The molecule has 1 N–H and O–H groups in total. The number of piperidine rings is 1. The van der Waals surface area contributed by atoms with E-state index in [9.17, 15) is 9.59 Å². The van der Waals surface area contributed by atoms with E-state index in [1.807, 2.05) is 24.3 Å². The number of carbonyl (C=O) groups excluding carboxylic acids is 2.